The molecule has 0 heterocycles. The third-order valence-corrected chi connectivity index (χ3v) is 10.6. The molecule has 164 valence electrons. The number of hydrogen-bond acceptors (Lipinski definition) is 1. The molecule has 4 aliphatic carbocycles. The molecule has 4 aliphatic rings. The van der Waals surface area contributed by atoms with Gasteiger partial charge in [0.05, 0.1) is 0 Å². The van der Waals surface area contributed by atoms with E-state index < -0.39 is 0 Å². The Hall–Kier alpha value is -1.18. The van der Waals surface area contributed by atoms with Crippen molar-refractivity contribution in [1.82, 2.24) is 0 Å². The highest BCUT2D eigenvalue weighted by atomic mass is 19.1. The van der Waals surface area contributed by atoms with E-state index in [4.69, 9.17) is 0 Å². The van der Waals surface area contributed by atoms with E-state index in [1.54, 1.807) is 12.1 Å². The number of ketones is 1. The van der Waals surface area contributed by atoms with E-state index in [2.05, 4.69) is 20.8 Å². The van der Waals surface area contributed by atoms with Crippen LogP contribution in [0.3, 0.4) is 0 Å². The van der Waals surface area contributed by atoms with Gasteiger partial charge in [-0.3, -0.25) is 4.79 Å². The summed E-state index contributed by atoms with van der Waals surface area (Å²) in [6, 6.07) is 6.82. The van der Waals surface area contributed by atoms with E-state index in [1.807, 2.05) is 6.07 Å². The minimum absolute atomic E-state index is 0.125. The van der Waals surface area contributed by atoms with Crippen LogP contribution in [0, 0.1) is 52.2 Å². The standard InChI is InChI=1S/C28H39FO/c1-18-12-14-27(2)20(16-18)8-9-21-22-10-11-24(28(22,3)15-13-23(21)27)26(30)17-19-6-4-5-7-25(19)29/h4-7,18,20-24H,8-17H2,1-3H3/t18?,20?,21?,22?,23?,24-,27+,28?/m1/s1. The molecular weight excluding hydrogens is 371 g/mol. The van der Waals surface area contributed by atoms with Crippen LogP contribution in [-0.4, -0.2) is 5.78 Å². The minimum atomic E-state index is -0.230. The number of halogens is 1. The van der Waals surface area contributed by atoms with Crippen molar-refractivity contribution in [3.63, 3.8) is 0 Å². The van der Waals surface area contributed by atoms with Crippen LogP contribution in [0.4, 0.5) is 4.39 Å². The number of hydrogen-bond donors (Lipinski definition) is 0. The Morgan fingerprint density at radius 2 is 1.70 bits per heavy atom. The summed E-state index contributed by atoms with van der Waals surface area (Å²) in [5, 5.41) is 0. The van der Waals surface area contributed by atoms with Gasteiger partial charge in [-0.1, -0.05) is 45.4 Å². The van der Waals surface area contributed by atoms with Gasteiger partial charge < -0.3 is 0 Å². The lowest BCUT2D eigenvalue weighted by Crippen LogP contribution is -2.53. The second-order valence-electron chi connectivity index (χ2n) is 11.9. The van der Waals surface area contributed by atoms with E-state index in [1.165, 1.54) is 57.4 Å². The van der Waals surface area contributed by atoms with Crippen LogP contribution in [0.1, 0.15) is 84.1 Å². The monoisotopic (exact) mass is 410 g/mol. The van der Waals surface area contributed by atoms with Gasteiger partial charge in [0, 0.05) is 12.3 Å². The van der Waals surface area contributed by atoms with Crippen LogP contribution in [0.5, 0.6) is 0 Å². The highest BCUT2D eigenvalue weighted by Gasteiger charge is 2.60. The minimum Gasteiger partial charge on any atom is -0.299 e. The Labute approximate surface area is 182 Å². The van der Waals surface area contributed by atoms with Gasteiger partial charge in [0.2, 0.25) is 0 Å². The molecule has 4 saturated carbocycles. The topological polar surface area (TPSA) is 17.1 Å². The molecule has 0 aliphatic heterocycles. The quantitative estimate of drug-likeness (QED) is 0.513. The van der Waals surface area contributed by atoms with Gasteiger partial charge in [0.15, 0.2) is 0 Å². The lowest BCUT2D eigenvalue weighted by atomic mass is 9.44. The Morgan fingerprint density at radius 1 is 0.967 bits per heavy atom. The lowest BCUT2D eigenvalue weighted by Gasteiger charge is -2.61. The first-order valence-electron chi connectivity index (χ1n) is 12.6. The van der Waals surface area contributed by atoms with Crippen molar-refractivity contribution in [1.29, 1.82) is 0 Å². The number of Topliss-reactive ketones (excluding diaryl/α,β-unsaturated/α-hetero) is 1. The van der Waals surface area contributed by atoms with Crippen LogP contribution in [0.15, 0.2) is 24.3 Å². The van der Waals surface area contributed by atoms with E-state index in [0.29, 0.717) is 16.9 Å². The van der Waals surface area contributed by atoms with E-state index in [9.17, 15) is 9.18 Å². The molecule has 1 aromatic rings. The van der Waals surface area contributed by atoms with Gasteiger partial charge in [-0.05, 0) is 103 Å². The summed E-state index contributed by atoms with van der Waals surface area (Å²) in [5.41, 5.74) is 1.24. The fourth-order valence-electron chi connectivity index (χ4n) is 8.95. The zero-order valence-electron chi connectivity index (χ0n) is 19.1. The summed E-state index contributed by atoms with van der Waals surface area (Å²) in [7, 11) is 0. The molecule has 30 heavy (non-hydrogen) atoms. The molecule has 6 unspecified atom stereocenters. The van der Waals surface area contributed by atoms with Crippen LogP contribution < -0.4 is 0 Å². The fraction of sp³-hybridized carbons (Fsp3) is 0.750. The molecule has 0 aromatic heterocycles. The first-order chi connectivity index (χ1) is 14.3. The number of rotatable bonds is 3. The van der Waals surface area contributed by atoms with Crippen molar-refractivity contribution in [3.05, 3.63) is 35.6 Å². The summed E-state index contributed by atoms with van der Waals surface area (Å²) >= 11 is 0. The van der Waals surface area contributed by atoms with Crippen molar-refractivity contribution in [2.24, 2.45) is 46.3 Å². The molecule has 0 radical (unpaired) electrons. The summed E-state index contributed by atoms with van der Waals surface area (Å²) in [6.07, 6.45) is 12.1. The van der Waals surface area contributed by atoms with Crippen molar-refractivity contribution in [2.75, 3.05) is 0 Å². The number of benzene rings is 1. The maximum atomic E-state index is 14.2. The first kappa shape index (κ1) is 20.7. The van der Waals surface area contributed by atoms with Gasteiger partial charge in [-0.25, -0.2) is 4.39 Å². The van der Waals surface area contributed by atoms with Crippen LogP contribution in [0.25, 0.3) is 0 Å². The molecule has 1 aromatic carbocycles. The molecule has 0 saturated heterocycles. The lowest BCUT2D eigenvalue weighted by molar-refractivity contribution is -0.136. The van der Waals surface area contributed by atoms with E-state index in [0.717, 1.165) is 30.1 Å². The molecule has 1 nitrogen and oxygen atoms in total. The molecule has 8 atom stereocenters. The Kier molecular flexibility index (Phi) is 5.14. The van der Waals surface area contributed by atoms with Gasteiger partial charge in [-0.2, -0.15) is 0 Å². The van der Waals surface area contributed by atoms with Crippen LogP contribution in [0.2, 0.25) is 0 Å². The van der Waals surface area contributed by atoms with Crippen LogP contribution >= 0.6 is 0 Å². The Morgan fingerprint density at radius 3 is 2.50 bits per heavy atom. The zero-order valence-corrected chi connectivity index (χ0v) is 19.1. The highest BCUT2D eigenvalue weighted by molar-refractivity contribution is 5.84. The zero-order chi connectivity index (χ0) is 21.1. The predicted molar refractivity (Wildman–Crippen MR) is 119 cm³/mol. The van der Waals surface area contributed by atoms with E-state index >= 15 is 0 Å². The van der Waals surface area contributed by atoms with Crippen molar-refractivity contribution < 1.29 is 9.18 Å². The molecule has 0 N–H and O–H groups in total. The summed E-state index contributed by atoms with van der Waals surface area (Å²) in [4.78, 5) is 13.3. The van der Waals surface area contributed by atoms with Crippen molar-refractivity contribution in [2.45, 2.75) is 85.0 Å². The summed E-state index contributed by atoms with van der Waals surface area (Å²) in [6.45, 7) is 7.49. The predicted octanol–water partition coefficient (Wildman–Crippen LogP) is 7.23. The fourth-order valence-corrected chi connectivity index (χ4v) is 8.95. The number of carbonyl (C=O) groups excluding carboxylic acids is 1. The van der Waals surface area contributed by atoms with Crippen LogP contribution in [-0.2, 0) is 11.2 Å². The molecule has 0 spiro atoms. The van der Waals surface area contributed by atoms with Gasteiger partial charge in [0.25, 0.3) is 0 Å². The van der Waals surface area contributed by atoms with Gasteiger partial charge in [0.1, 0.15) is 11.6 Å². The van der Waals surface area contributed by atoms with Gasteiger partial charge >= 0.3 is 0 Å². The second kappa shape index (κ2) is 7.45. The molecule has 4 fully saturated rings. The molecule has 0 bridgehead atoms. The maximum Gasteiger partial charge on any atom is 0.140 e. The largest absolute Gasteiger partial charge is 0.299 e. The second-order valence-corrected chi connectivity index (χ2v) is 11.9. The summed E-state index contributed by atoms with van der Waals surface area (Å²) < 4.78 is 14.2. The average molecular weight is 411 g/mol. The molecule has 2 heteroatoms. The number of carbonyl (C=O) groups is 1. The smallest absolute Gasteiger partial charge is 0.140 e. The third-order valence-electron chi connectivity index (χ3n) is 10.6. The highest BCUT2D eigenvalue weighted by Crippen LogP contribution is 2.67. The van der Waals surface area contributed by atoms with E-state index in [-0.39, 0.29) is 29.4 Å². The normalized spacial score (nSPS) is 45.3. The summed E-state index contributed by atoms with van der Waals surface area (Å²) in [5.74, 6) is 4.38. The van der Waals surface area contributed by atoms with Gasteiger partial charge in [-0.15, -0.1) is 0 Å². The molecule has 5 rings (SSSR count). The maximum absolute atomic E-state index is 14.2. The van der Waals surface area contributed by atoms with Crippen molar-refractivity contribution >= 4 is 5.78 Å². The van der Waals surface area contributed by atoms with Crippen molar-refractivity contribution in [3.8, 4) is 0 Å². The average Bonchev–Trinajstić information content (AvgIpc) is 3.07. The Balaban J connectivity index is 1.35. The first-order valence-corrected chi connectivity index (χ1v) is 12.6. The third kappa shape index (κ3) is 3.11. The molecule has 0 amide bonds. The number of fused-ring (bicyclic) bond motifs is 5. The SMILES string of the molecule is CC1CC[C@@]2(C)C(CCC3C4CC[C@H](C(=O)Cc5ccccc5F)C4(C)CCC32)C1. The Bertz CT molecular complexity index is 817. The molecular formula is C28H39FO.